The van der Waals surface area contributed by atoms with Crippen LogP contribution in [0.5, 0.6) is 11.5 Å². The molecule has 22 heavy (non-hydrogen) atoms. The van der Waals surface area contributed by atoms with Crippen LogP contribution in [0.1, 0.15) is 5.56 Å². The number of hydrogen-bond acceptors (Lipinski definition) is 4. The molecule has 0 atom stereocenters. The first kappa shape index (κ1) is 15.6. The number of methoxy groups -OCH3 is 1. The monoisotopic (exact) mass is 308 g/mol. The molecule has 2 rings (SSSR count). The van der Waals surface area contributed by atoms with Gasteiger partial charge in [0.05, 0.1) is 18.9 Å². The van der Waals surface area contributed by atoms with E-state index in [1.165, 1.54) is 25.4 Å². The van der Waals surface area contributed by atoms with Gasteiger partial charge in [0.2, 0.25) is 0 Å². The molecule has 0 radical (unpaired) electrons. The molecule has 0 N–H and O–H groups in total. The average molecular weight is 308 g/mol. The maximum Gasteiger partial charge on any atom is 0.422 e. The van der Waals surface area contributed by atoms with Gasteiger partial charge in [0.15, 0.2) is 6.61 Å². The molecule has 0 fully saturated rings. The zero-order valence-corrected chi connectivity index (χ0v) is 11.5. The van der Waals surface area contributed by atoms with E-state index >= 15 is 0 Å². The van der Waals surface area contributed by atoms with Crippen molar-refractivity contribution in [3.05, 3.63) is 42.2 Å². The van der Waals surface area contributed by atoms with Crippen molar-refractivity contribution in [1.82, 2.24) is 4.98 Å². The molecule has 0 aliphatic heterocycles. The number of ether oxygens (including phenoxy) is 2. The van der Waals surface area contributed by atoms with E-state index in [1.54, 1.807) is 18.3 Å². The minimum absolute atomic E-state index is 0.0181. The third kappa shape index (κ3) is 3.88. The van der Waals surface area contributed by atoms with Crippen LogP contribution in [-0.2, 0) is 0 Å². The number of aromatic nitrogens is 1. The Bertz CT molecular complexity index is 709. The molecule has 0 saturated heterocycles. The molecular formula is C15H11F3N2O2. The summed E-state index contributed by atoms with van der Waals surface area (Å²) in [6.07, 6.45) is -1.37. The van der Waals surface area contributed by atoms with Gasteiger partial charge in [-0.25, -0.2) is 0 Å². The summed E-state index contributed by atoms with van der Waals surface area (Å²) in [4.78, 5) is 3.99. The third-order valence-corrected chi connectivity index (χ3v) is 2.77. The minimum atomic E-state index is -4.46. The summed E-state index contributed by atoms with van der Waals surface area (Å²) in [6.45, 7) is -1.44. The third-order valence-electron chi connectivity index (χ3n) is 2.77. The number of pyridine rings is 1. The van der Waals surface area contributed by atoms with Crippen LogP contribution in [0, 0.1) is 11.3 Å². The van der Waals surface area contributed by atoms with Gasteiger partial charge in [-0.2, -0.15) is 18.4 Å². The predicted molar refractivity (Wildman–Crippen MR) is 72.5 cm³/mol. The fourth-order valence-electron chi connectivity index (χ4n) is 1.77. The molecular weight excluding hydrogens is 297 g/mol. The molecule has 0 aliphatic rings. The van der Waals surface area contributed by atoms with Gasteiger partial charge in [0, 0.05) is 11.8 Å². The summed E-state index contributed by atoms with van der Waals surface area (Å²) in [5, 5.41) is 9.07. The van der Waals surface area contributed by atoms with Crippen LogP contribution in [0.4, 0.5) is 13.2 Å². The summed E-state index contributed by atoms with van der Waals surface area (Å²) in [5.41, 5.74) is 1.32. The Morgan fingerprint density at radius 1 is 1.18 bits per heavy atom. The van der Waals surface area contributed by atoms with E-state index in [-0.39, 0.29) is 11.3 Å². The highest BCUT2D eigenvalue weighted by Crippen LogP contribution is 2.28. The van der Waals surface area contributed by atoms with Crippen molar-refractivity contribution in [3.8, 4) is 28.7 Å². The molecule has 0 spiro atoms. The smallest absolute Gasteiger partial charge is 0.422 e. The molecule has 0 saturated carbocycles. The highest BCUT2D eigenvalue weighted by molar-refractivity contribution is 5.67. The Morgan fingerprint density at radius 3 is 2.59 bits per heavy atom. The molecule has 0 aliphatic carbocycles. The first-order valence-corrected chi connectivity index (χ1v) is 6.16. The van der Waals surface area contributed by atoms with E-state index < -0.39 is 12.8 Å². The molecule has 2 aromatic rings. The Morgan fingerprint density at radius 2 is 1.95 bits per heavy atom. The molecule has 0 unspecified atom stereocenters. The van der Waals surface area contributed by atoms with Crippen molar-refractivity contribution in [2.45, 2.75) is 6.18 Å². The van der Waals surface area contributed by atoms with Crippen LogP contribution in [0.3, 0.4) is 0 Å². The SMILES string of the molecule is COc1cncc(-c2ccc(OCC(F)(F)F)c(C#N)c2)c1. The lowest BCUT2D eigenvalue weighted by Crippen LogP contribution is -2.19. The standard InChI is InChI=1S/C15H11F3N2O2/c1-21-13-5-12(7-20-8-13)10-2-3-14(11(4-10)6-19)22-9-15(16,17)18/h2-5,7-8H,9H2,1H3. The quantitative estimate of drug-likeness (QED) is 0.866. The number of nitrogens with zero attached hydrogens (tertiary/aromatic N) is 2. The molecule has 1 aromatic heterocycles. The maximum absolute atomic E-state index is 12.2. The zero-order valence-electron chi connectivity index (χ0n) is 11.5. The Balaban J connectivity index is 2.31. The molecule has 0 amide bonds. The summed E-state index contributed by atoms with van der Waals surface area (Å²) >= 11 is 0. The van der Waals surface area contributed by atoms with E-state index in [2.05, 4.69) is 9.72 Å². The number of rotatable bonds is 4. The molecule has 1 heterocycles. The lowest BCUT2D eigenvalue weighted by Gasteiger charge is -2.11. The van der Waals surface area contributed by atoms with Crippen molar-refractivity contribution in [2.75, 3.05) is 13.7 Å². The average Bonchev–Trinajstić information content (AvgIpc) is 2.52. The van der Waals surface area contributed by atoms with Crippen molar-refractivity contribution < 1.29 is 22.6 Å². The normalized spacial score (nSPS) is 10.9. The van der Waals surface area contributed by atoms with Crippen molar-refractivity contribution in [1.29, 1.82) is 5.26 Å². The second kappa shape index (κ2) is 6.35. The second-order valence-electron chi connectivity index (χ2n) is 4.34. The lowest BCUT2D eigenvalue weighted by atomic mass is 10.0. The van der Waals surface area contributed by atoms with E-state index in [9.17, 15) is 13.2 Å². The van der Waals surface area contributed by atoms with Gasteiger partial charge in [-0.05, 0) is 23.8 Å². The maximum atomic E-state index is 12.2. The van der Waals surface area contributed by atoms with Gasteiger partial charge in [0.1, 0.15) is 17.6 Å². The number of benzene rings is 1. The molecule has 0 bridgehead atoms. The topological polar surface area (TPSA) is 55.1 Å². The summed E-state index contributed by atoms with van der Waals surface area (Å²) in [6, 6.07) is 7.87. The van der Waals surface area contributed by atoms with Gasteiger partial charge in [-0.15, -0.1) is 0 Å². The van der Waals surface area contributed by atoms with E-state index in [4.69, 9.17) is 10.00 Å². The highest BCUT2D eigenvalue weighted by atomic mass is 19.4. The molecule has 114 valence electrons. The Hall–Kier alpha value is -2.75. The van der Waals surface area contributed by atoms with Crippen LogP contribution >= 0.6 is 0 Å². The molecule has 7 heteroatoms. The zero-order chi connectivity index (χ0) is 16.2. The van der Waals surface area contributed by atoms with Crippen LogP contribution in [0.2, 0.25) is 0 Å². The van der Waals surface area contributed by atoms with Gasteiger partial charge in [-0.3, -0.25) is 4.98 Å². The summed E-state index contributed by atoms with van der Waals surface area (Å²) < 4.78 is 46.2. The van der Waals surface area contributed by atoms with E-state index in [1.807, 2.05) is 6.07 Å². The molecule has 4 nitrogen and oxygen atoms in total. The number of alkyl halides is 3. The predicted octanol–water partition coefficient (Wildman–Crippen LogP) is 3.57. The number of hydrogen-bond donors (Lipinski definition) is 0. The first-order chi connectivity index (χ1) is 10.4. The van der Waals surface area contributed by atoms with Crippen molar-refractivity contribution >= 4 is 0 Å². The Labute approximate surface area is 124 Å². The van der Waals surface area contributed by atoms with E-state index in [0.717, 1.165) is 0 Å². The van der Waals surface area contributed by atoms with E-state index in [0.29, 0.717) is 16.9 Å². The number of halogens is 3. The Kier molecular flexibility index (Phi) is 4.51. The van der Waals surface area contributed by atoms with Crippen molar-refractivity contribution in [2.24, 2.45) is 0 Å². The van der Waals surface area contributed by atoms with Gasteiger partial charge >= 0.3 is 6.18 Å². The first-order valence-electron chi connectivity index (χ1n) is 6.16. The van der Waals surface area contributed by atoms with Crippen LogP contribution in [0.25, 0.3) is 11.1 Å². The lowest BCUT2D eigenvalue weighted by molar-refractivity contribution is -0.153. The number of nitriles is 1. The fraction of sp³-hybridized carbons (Fsp3) is 0.200. The van der Waals surface area contributed by atoms with Crippen LogP contribution < -0.4 is 9.47 Å². The van der Waals surface area contributed by atoms with Gasteiger partial charge < -0.3 is 9.47 Å². The fourth-order valence-corrected chi connectivity index (χ4v) is 1.77. The van der Waals surface area contributed by atoms with Gasteiger partial charge in [0.25, 0.3) is 0 Å². The van der Waals surface area contributed by atoms with Gasteiger partial charge in [-0.1, -0.05) is 6.07 Å². The molecule has 1 aromatic carbocycles. The highest BCUT2D eigenvalue weighted by Gasteiger charge is 2.28. The summed E-state index contributed by atoms with van der Waals surface area (Å²) in [7, 11) is 1.50. The largest absolute Gasteiger partial charge is 0.495 e. The van der Waals surface area contributed by atoms with Crippen LogP contribution in [-0.4, -0.2) is 24.9 Å². The van der Waals surface area contributed by atoms with Crippen LogP contribution in [0.15, 0.2) is 36.7 Å². The summed E-state index contributed by atoms with van der Waals surface area (Å²) in [5.74, 6) is 0.424. The minimum Gasteiger partial charge on any atom is -0.495 e. The second-order valence-corrected chi connectivity index (χ2v) is 4.34. The van der Waals surface area contributed by atoms with Crippen molar-refractivity contribution in [3.63, 3.8) is 0 Å².